The van der Waals surface area contributed by atoms with Crippen molar-refractivity contribution in [3.63, 3.8) is 0 Å². The van der Waals surface area contributed by atoms with E-state index in [0.717, 1.165) is 18.9 Å². The first kappa shape index (κ1) is 12.5. The molecule has 0 aliphatic heterocycles. The van der Waals surface area contributed by atoms with Gasteiger partial charge in [0.25, 0.3) is 0 Å². The van der Waals surface area contributed by atoms with Gasteiger partial charge in [0.05, 0.1) is 17.7 Å². The molecule has 0 unspecified atom stereocenters. The highest BCUT2D eigenvalue weighted by Gasteiger charge is 2.36. The highest BCUT2D eigenvalue weighted by molar-refractivity contribution is 9.10. The molecule has 1 aliphatic rings. The predicted octanol–water partition coefficient (Wildman–Crippen LogP) is 4.02. The molecule has 2 nitrogen and oxygen atoms in total. The largest absolute Gasteiger partial charge is 0.496 e. The number of hydrogen-bond donors (Lipinski definition) is 0. The number of benzene rings is 1. The normalized spacial score (nSPS) is 15.8. The molecule has 1 aromatic carbocycles. The van der Waals surface area contributed by atoms with Crippen LogP contribution in [0.1, 0.15) is 18.4 Å². The number of rotatable bonds is 3. The molecule has 0 atom stereocenters. The summed E-state index contributed by atoms with van der Waals surface area (Å²) in [6, 6.07) is 2.25. The minimum atomic E-state index is -4.45. The summed E-state index contributed by atoms with van der Waals surface area (Å²) in [6.45, 7) is 0. The fourth-order valence-corrected chi connectivity index (χ4v) is 1.80. The van der Waals surface area contributed by atoms with Crippen molar-refractivity contribution in [2.75, 3.05) is 7.11 Å². The first-order valence-electron chi connectivity index (χ1n) is 5.03. The second-order valence-electron chi connectivity index (χ2n) is 3.80. The minimum absolute atomic E-state index is 0.0424. The molecule has 17 heavy (non-hydrogen) atoms. The zero-order valence-electron chi connectivity index (χ0n) is 8.97. The van der Waals surface area contributed by atoms with Gasteiger partial charge in [0.15, 0.2) is 0 Å². The first-order valence-corrected chi connectivity index (χ1v) is 5.82. The van der Waals surface area contributed by atoms with Crippen molar-refractivity contribution >= 4 is 15.9 Å². The van der Waals surface area contributed by atoms with Crippen molar-refractivity contribution in [2.24, 2.45) is 0 Å². The van der Waals surface area contributed by atoms with Crippen LogP contribution in [0.2, 0.25) is 0 Å². The van der Waals surface area contributed by atoms with E-state index in [-0.39, 0.29) is 17.6 Å². The van der Waals surface area contributed by atoms with Crippen LogP contribution in [0, 0.1) is 0 Å². The van der Waals surface area contributed by atoms with E-state index in [2.05, 4.69) is 15.9 Å². The van der Waals surface area contributed by atoms with Gasteiger partial charge in [-0.25, -0.2) is 0 Å². The molecule has 94 valence electrons. The lowest BCUT2D eigenvalue weighted by molar-refractivity contribution is -0.138. The summed E-state index contributed by atoms with van der Waals surface area (Å²) in [5.41, 5.74) is -0.821. The quantitative estimate of drug-likeness (QED) is 0.839. The van der Waals surface area contributed by atoms with E-state index in [4.69, 9.17) is 9.47 Å². The molecule has 0 saturated heterocycles. The van der Waals surface area contributed by atoms with E-state index in [9.17, 15) is 13.2 Å². The predicted molar refractivity (Wildman–Crippen MR) is 59.3 cm³/mol. The molecule has 0 bridgehead atoms. The Kier molecular flexibility index (Phi) is 3.25. The van der Waals surface area contributed by atoms with Crippen molar-refractivity contribution in [3.05, 3.63) is 22.2 Å². The first-order chi connectivity index (χ1) is 7.91. The molecule has 2 rings (SSSR count). The standard InChI is InChI=1S/C11H10BrF3O2/c1-16-9-5-8(12)10(17-6-2-3-6)4-7(9)11(13,14)15/h4-6H,2-3H2,1H3. The van der Waals surface area contributed by atoms with Crippen molar-refractivity contribution < 1.29 is 22.6 Å². The molecule has 0 spiro atoms. The van der Waals surface area contributed by atoms with Crippen molar-refractivity contribution in [3.8, 4) is 11.5 Å². The van der Waals surface area contributed by atoms with Crippen LogP contribution in [0.25, 0.3) is 0 Å². The third-order valence-corrected chi connectivity index (χ3v) is 3.00. The molecule has 0 aromatic heterocycles. The Morgan fingerprint density at radius 2 is 1.88 bits per heavy atom. The second-order valence-corrected chi connectivity index (χ2v) is 4.65. The number of methoxy groups -OCH3 is 1. The van der Waals surface area contributed by atoms with Crippen molar-refractivity contribution in [1.29, 1.82) is 0 Å². The van der Waals surface area contributed by atoms with Gasteiger partial charge in [-0.2, -0.15) is 13.2 Å². The summed E-state index contributed by atoms with van der Waals surface area (Å²) in [6.07, 6.45) is -2.63. The lowest BCUT2D eigenvalue weighted by Gasteiger charge is -2.15. The van der Waals surface area contributed by atoms with Gasteiger partial charge in [-0.15, -0.1) is 0 Å². The number of halogens is 4. The number of alkyl halides is 3. The van der Waals surface area contributed by atoms with Crippen molar-refractivity contribution in [2.45, 2.75) is 25.1 Å². The highest BCUT2D eigenvalue weighted by atomic mass is 79.9. The number of ether oxygens (including phenoxy) is 2. The molecule has 6 heteroatoms. The van der Waals surface area contributed by atoms with Crippen LogP contribution in [0.3, 0.4) is 0 Å². The lowest BCUT2D eigenvalue weighted by Crippen LogP contribution is -2.09. The summed E-state index contributed by atoms with van der Waals surface area (Å²) in [5, 5.41) is 0. The summed E-state index contributed by atoms with van der Waals surface area (Å²) in [5.74, 6) is -0.00635. The molecular formula is C11H10BrF3O2. The van der Waals surface area contributed by atoms with E-state index in [1.807, 2.05) is 0 Å². The maximum atomic E-state index is 12.7. The van der Waals surface area contributed by atoms with Crippen LogP contribution in [-0.4, -0.2) is 13.2 Å². The van der Waals surface area contributed by atoms with Gasteiger partial charge in [-0.05, 0) is 40.9 Å². The fourth-order valence-electron chi connectivity index (χ4n) is 1.38. The summed E-state index contributed by atoms with van der Waals surface area (Å²) in [4.78, 5) is 0. The molecule has 1 saturated carbocycles. The minimum Gasteiger partial charge on any atom is -0.496 e. The Balaban J connectivity index is 2.40. The van der Waals surface area contributed by atoms with Crippen LogP contribution < -0.4 is 9.47 Å². The average Bonchev–Trinajstić information content (AvgIpc) is 3.02. The number of hydrogen-bond acceptors (Lipinski definition) is 2. The zero-order valence-corrected chi connectivity index (χ0v) is 10.6. The SMILES string of the molecule is COc1cc(Br)c(OC2CC2)cc1C(F)(F)F. The average molecular weight is 311 g/mol. The molecular weight excluding hydrogens is 301 g/mol. The molecule has 0 amide bonds. The maximum Gasteiger partial charge on any atom is 0.420 e. The van der Waals surface area contributed by atoms with E-state index in [0.29, 0.717) is 4.47 Å². The van der Waals surface area contributed by atoms with Gasteiger partial charge in [-0.1, -0.05) is 0 Å². The Hall–Kier alpha value is -0.910. The molecule has 0 heterocycles. The molecule has 1 aromatic rings. The third kappa shape index (κ3) is 2.86. The Morgan fingerprint density at radius 1 is 1.24 bits per heavy atom. The van der Waals surface area contributed by atoms with E-state index in [1.54, 1.807) is 0 Å². The smallest absolute Gasteiger partial charge is 0.420 e. The van der Waals surface area contributed by atoms with Crippen LogP contribution >= 0.6 is 15.9 Å². The molecule has 0 N–H and O–H groups in total. The van der Waals surface area contributed by atoms with E-state index in [1.165, 1.54) is 13.2 Å². The Labute approximate surface area is 105 Å². The summed E-state index contributed by atoms with van der Waals surface area (Å²) >= 11 is 3.17. The Bertz CT molecular complexity index is 427. The van der Waals surface area contributed by atoms with Gasteiger partial charge >= 0.3 is 6.18 Å². The highest BCUT2D eigenvalue weighted by Crippen LogP contribution is 2.43. The summed E-state index contributed by atoms with van der Waals surface area (Å²) in [7, 11) is 1.21. The topological polar surface area (TPSA) is 18.5 Å². The van der Waals surface area contributed by atoms with Gasteiger partial charge in [0, 0.05) is 0 Å². The molecule has 1 aliphatic carbocycles. The van der Waals surface area contributed by atoms with Gasteiger partial charge in [-0.3, -0.25) is 0 Å². The van der Waals surface area contributed by atoms with E-state index >= 15 is 0 Å². The monoisotopic (exact) mass is 310 g/mol. The Morgan fingerprint density at radius 3 is 2.35 bits per heavy atom. The van der Waals surface area contributed by atoms with Crippen LogP contribution in [0.5, 0.6) is 11.5 Å². The summed E-state index contributed by atoms with van der Waals surface area (Å²) < 4.78 is 48.8. The maximum absolute atomic E-state index is 12.7. The molecule has 1 fully saturated rings. The van der Waals surface area contributed by atoms with Crippen LogP contribution in [0.15, 0.2) is 16.6 Å². The van der Waals surface area contributed by atoms with Crippen LogP contribution in [-0.2, 0) is 6.18 Å². The van der Waals surface area contributed by atoms with Crippen LogP contribution in [0.4, 0.5) is 13.2 Å². The fraction of sp³-hybridized carbons (Fsp3) is 0.455. The lowest BCUT2D eigenvalue weighted by atomic mass is 10.2. The van der Waals surface area contributed by atoms with Crippen molar-refractivity contribution in [1.82, 2.24) is 0 Å². The van der Waals surface area contributed by atoms with Gasteiger partial charge < -0.3 is 9.47 Å². The van der Waals surface area contributed by atoms with Gasteiger partial charge in [0.1, 0.15) is 17.1 Å². The van der Waals surface area contributed by atoms with E-state index < -0.39 is 11.7 Å². The molecule has 0 radical (unpaired) electrons. The van der Waals surface area contributed by atoms with Gasteiger partial charge in [0.2, 0.25) is 0 Å². The second kappa shape index (κ2) is 4.40. The zero-order chi connectivity index (χ0) is 12.6. The third-order valence-electron chi connectivity index (χ3n) is 2.38.